The van der Waals surface area contributed by atoms with Gasteiger partial charge in [-0.25, -0.2) is 13.8 Å². The zero-order valence-electron chi connectivity index (χ0n) is 12.1. The molecule has 1 heterocycles. The summed E-state index contributed by atoms with van der Waals surface area (Å²) in [5.74, 6) is -2.05. The van der Waals surface area contributed by atoms with Crippen molar-refractivity contribution in [1.82, 2.24) is 9.55 Å². The molecule has 4 nitrogen and oxygen atoms in total. The standard InChI is InChI=1S/C15H18F2N2O2/c1-3-4-9(2)15-18-12-7-10(16)11(17)8-13(12)19(15)6-5-14(20)21/h7-9H,3-6H2,1-2H3,(H,20,21). The van der Waals surface area contributed by atoms with E-state index in [2.05, 4.69) is 4.98 Å². The van der Waals surface area contributed by atoms with Crippen molar-refractivity contribution in [3.63, 3.8) is 0 Å². The van der Waals surface area contributed by atoms with E-state index in [1.807, 2.05) is 13.8 Å². The summed E-state index contributed by atoms with van der Waals surface area (Å²) in [5.41, 5.74) is 0.797. The van der Waals surface area contributed by atoms with Gasteiger partial charge in [-0.1, -0.05) is 20.3 Å². The third-order valence-corrected chi connectivity index (χ3v) is 3.53. The predicted octanol–water partition coefficient (Wildman–Crippen LogP) is 3.69. The van der Waals surface area contributed by atoms with E-state index in [0.29, 0.717) is 16.9 Å². The van der Waals surface area contributed by atoms with Gasteiger partial charge in [-0.05, 0) is 6.42 Å². The molecule has 0 saturated carbocycles. The van der Waals surface area contributed by atoms with Gasteiger partial charge in [0, 0.05) is 24.6 Å². The number of aryl methyl sites for hydroxylation is 1. The van der Waals surface area contributed by atoms with E-state index in [-0.39, 0.29) is 18.9 Å². The number of halogens is 2. The van der Waals surface area contributed by atoms with Crippen LogP contribution in [0.4, 0.5) is 8.78 Å². The highest BCUT2D eigenvalue weighted by Crippen LogP contribution is 2.27. The maximum atomic E-state index is 13.5. The first kappa shape index (κ1) is 15.4. The summed E-state index contributed by atoms with van der Waals surface area (Å²) in [6.07, 6.45) is 1.74. The van der Waals surface area contributed by atoms with Crippen molar-refractivity contribution >= 4 is 17.0 Å². The van der Waals surface area contributed by atoms with Gasteiger partial charge in [0.2, 0.25) is 0 Å². The highest BCUT2D eigenvalue weighted by molar-refractivity contribution is 5.77. The van der Waals surface area contributed by atoms with Crippen molar-refractivity contribution in [3.05, 3.63) is 29.6 Å². The average molecular weight is 296 g/mol. The molecule has 21 heavy (non-hydrogen) atoms. The summed E-state index contributed by atoms with van der Waals surface area (Å²) in [7, 11) is 0. The van der Waals surface area contributed by atoms with Crippen LogP contribution in [0.25, 0.3) is 11.0 Å². The molecule has 0 fully saturated rings. The van der Waals surface area contributed by atoms with Gasteiger partial charge in [-0.2, -0.15) is 0 Å². The highest BCUT2D eigenvalue weighted by Gasteiger charge is 2.18. The van der Waals surface area contributed by atoms with E-state index in [4.69, 9.17) is 5.11 Å². The molecule has 0 bridgehead atoms. The largest absolute Gasteiger partial charge is 0.481 e. The molecule has 1 N–H and O–H groups in total. The third kappa shape index (κ3) is 3.20. The van der Waals surface area contributed by atoms with Crippen LogP contribution < -0.4 is 0 Å². The van der Waals surface area contributed by atoms with Gasteiger partial charge in [-0.15, -0.1) is 0 Å². The van der Waals surface area contributed by atoms with Crippen molar-refractivity contribution in [2.75, 3.05) is 0 Å². The SMILES string of the molecule is CCCC(C)c1nc2cc(F)c(F)cc2n1CCC(=O)O. The molecular formula is C15H18F2N2O2. The van der Waals surface area contributed by atoms with E-state index in [0.717, 1.165) is 25.0 Å². The predicted molar refractivity (Wildman–Crippen MR) is 75.2 cm³/mol. The number of carboxylic acid groups (broad SMARTS) is 1. The highest BCUT2D eigenvalue weighted by atomic mass is 19.2. The minimum absolute atomic E-state index is 0.0870. The number of carbonyl (C=O) groups is 1. The molecule has 0 spiro atoms. The molecule has 0 aliphatic rings. The second-order valence-electron chi connectivity index (χ2n) is 5.21. The molecule has 1 aromatic carbocycles. The topological polar surface area (TPSA) is 55.1 Å². The number of hydrogen-bond donors (Lipinski definition) is 1. The number of rotatable bonds is 6. The summed E-state index contributed by atoms with van der Waals surface area (Å²) >= 11 is 0. The Labute approximate surface area is 121 Å². The van der Waals surface area contributed by atoms with Crippen LogP contribution in [0.1, 0.15) is 44.9 Å². The molecular weight excluding hydrogens is 278 g/mol. The Morgan fingerprint density at radius 3 is 2.67 bits per heavy atom. The van der Waals surface area contributed by atoms with Crippen LogP contribution in [0.3, 0.4) is 0 Å². The number of aromatic nitrogens is 2. The van der Waals surface area contributed by atoms with Crippen LogP contribution in [-0.4, -0.2) is 20.6 Å². The summed E-state index contributed by atoms with van der Waals surface area (Å²) in [6, 6.07) is 2.14. The maximum Gasteiger partial charge on any atom is 0.305 e. The van der Waals surface area contributed by atoms with E-state index in [9.17, 15) is 13.6 Å². The second-order valence-corrected chi connectivity index (χ2v) is 5.21. The van der Waals surface area contributed by atoms with Crippen molar-refractivity contribution in [3.8, 4) is 0 Å². The summed E-state index contributed by atoms with van der Waals surface area (Å²) < 4.78 is 28.5. The Bertz CT molecular complexity index is 667. The quantitative estimate of drug-likeness (QED) is 0.884. The van der Waals surface area contributed by atoms with E-state index in [1.165, 1.54) is 0 Å². The molecule has 114 valence electrons. The molecule has 0 saturated heterocycles. The third-order valence-electron chi connectivity index (χ3n) is 3.53. The van der Waals surface area contributed by atoms with Gasteiger partial charge in [0.05, 0.1) is 17.5 Å². The van der Waals surface area contributed by atoms with Gasteiger partial charge < -0.3 is 9.67 Å². The minimum atomic E-state index is -0.950. The lowest BCUT2D eigenvalue weighted by molar-refractivity contribution is -0.137. The molecule has 6 heteroatoms. The fourth-order valence-electron chi connectivity index (χ4n) is 2.52. The molecule has 0 amide bonds. The van der Waals surface area contributed by atoms with Crippen molar-refractivity contribution < 1.29 is 18.7 Å². The molecule has 0 aliphatic carbocycles. The van der Waals surface area contributed by atoms with Crippen LogP contribution >= 0.6 is 0 Å². The first-order chi connectivity index (χ1) is 9.93. The molecule has 0 radical (unpaired) electrons. The van der Waals surface area contributed by atoms with Crippen LogP contribution in [0, 0.1) is 11.6 Å². The normalized spacial score (nSPS) is 12.8. The number of fused-ring (bicyclic) bond motifs is 1. The summed E-state index contributed by atoms with van der Waals surface area (Å²) in [5, 5.41) is 8.85. The number of imidazole rings is 1. The molecule has 1 aromatic heterocycles. The smallest absolute Gasteiger partial charge is 0.305 e. The van der Waals surface area contributed by atoms with Crippen molar-refractivity contribution in [2.24, 2.45) is 0 Å². The van der Waals surface area contributed by atoms with Crippen molar-refractivity contribution in [1.29, 1.82) is 0 Å². The molecule has 1 atom stereocenters. The van der Waals surface area contributed by atoms with Gasteiger partial charge in [0.15, 0.2) is 11.6 Å². The van der Waals surface area contributed by atoms with Gasteiger partial charge >= 0.3 is 5.97 Å². The first-order valence-corrected chi connectivity index (χ1v) is 7.01. The Morgan fingerprint density at radius 2 is 2.05 bits per heavy atom. The Balaban J connectivity index is 2.54. The number of carboxylic acids is 1. The number of nitrogens with zero attached hydrogens (tertiary/aromatic N) is 2. The average Bonchev–Trinajstić information content (AvgIpc) is 2.75. The zero-order chi connectivity index (χ0) is 15.6. The summed E-state index contributed by atoms with van der Waals surface area (Å²) in [4.78, 5) is 15.2. The number of aliphatic carboxylic acids is 1. The van der Waals surface area contributed by atoms with Crippen LogP contribution in [0.15, 0.2) is 12.1 Å². The van der Waals surface area contributed by atoms with Gasteiger partial charge in [0.1, 0.15) is 5.82 Å². The summed E-state index contributed by atoms with van der Waals surface area (Å²) in [6.45, 7) is 4.22. The lowest BCUT2D eigenvalue weighted by Crippen LogP contribution is -2.10. The maximum absolute atomic E-state index is 13.5. The zero-order valence-corrected chi connectivity index (χ0v) is 12.1. The van der Waals surface area contributed by atoms with E-state index >= 15 is 0 Å². The van der Waals surface area contributed by atoms with Gasteiger partial charge in [0.25, 0.3) is 0 Å². The molecule has 2 rings (SSSR count). The fourth-order valence-corrected chi connectivity index (χ4v) is 2.52. The monoisotopic (exact) mass is 296 g/mol. The molecule has 2 aromatic rings. The minimum Gasteiger partial charge on any atom is -0.481 e. The van der Waals surface area contributed by atoms with E-state index < -0.39 is 17.6 Å². The van der Waals surface area contributed by atoms with Crippen molar-refractivity contribution in [2.45, 2.75) is 45.6 Å². The lowest BCUT2D eigenvalue weighted by atomic mass is 10.1. The first-order valence-electron chi connectivity index (χ1n) is 7.01. The van der Waals surface area contributed by atoms with Crippen LogP contribution in [-0.2, 0) is 11.3 Å². The molecule has 0 aliphatic heterocycles. The van der Waals surface area contributed by atoms with Gasteiger partial charge in [-0.3, -0.25) is 4.79 Å². The lowest BCUT2D eigenvalue weighted by Gasteiger charge is -2.13. The Hall–Kier alpha value is -1.98. The number of benzene rings is 1. The van der Waals surface area contributed by atoms with Crippen LogP contribution in [0.5, 0.6) is 0 Å². The fraction of sp³-hybridized carbons (Fsp3) is 0.467. The Kier molecular flexibility index (Phi) is 4.55. The number of hydrogen-bond acceptors (Lipinski definition) is 2. The Morgan fingerprint density at radius 1 is 1.38 bits per heavy atom. The van der Waals surface area contributed by atoms with E-state index in [1.54, 1.807) is 4.57 Å². The molecule has 1 unspecified atom stereocenters. The van der Waals surface area contributed by atoms with Crippen LogP contribution in [0.2, 0.25) is 0 Å². The second kappa shape index (κ2) is 6.20.